The zero-order valence-electron chi connectivity index (χ0n) is 20.3. The number of hydrogen-bond donors (Lipinski definition) is 1. The van der Waals surface area contributed by atoms with Crippen molar-refractivity contribution in [2.24, 2.45) is 39.4 Å². The summed E-state index contributed by atoms with van der Waals surface area (Å²) in [7, 11) is 0. The molecule has 0 aromatic heterocycles. The maximum atomic E-state index is 13.1. The van der Waals surface area contributed by atoms with Gasteiger partial charge >= 0.3 is 0 Å². The Bertz CT molecular complexity index is 543. The smallest absolute Gasteiger partial charge is 0.136 e. The lowest BCUT2D eigenvalue weighted by Crippen LogP contribution is -2.50. The Morgan fingerprint density at radius 1 is 0.929 bits per heavy atom. The lowest BCUT2D eigenvalue weighted by Gasteiger charge is -2.57. The molecule has 2 nitrogen and oxygen atoms in total. The third-order valence-electron chi connectivity index (χ3n) is 9.54. The first-order valence-corrected chi connectivity index (χ1v) is 11.9. The summed E-state index contributed by atoms with van der Waals surface area (Å²) in [5, 5.41) is 10.1. The van der Waals surface area contributed by atoms with E-state index in [0.29, 0.717) is 17.6 Å². The Morgan fingerprint density at radius 3 is 1.86 bits per heavy atom. The summed E-state index contributed by atoms with van der Waals surface area (Å²) in [6.45, 7) is 21.4. The highest BCUT2D eigenvalue weighted by atomic mass is 16.3. The van der Waals surface area contributed by atoms with Gasteiger partial charge in [0.2, 0.25) is 0 Å². The molecule has 28 heavy (non-hydrogen) atoms. The van der Waals surface area contributed by atoms with Crippen LogP contribution in [0.5, 0.6) is 0 Å². The molecule has 2 aliphatic carbocycles. The summed E-state index contributed by atoms with van der Waals surface area (Å²) < 4.78 is 0. The number of Topliss-reactive ketones (excluding diaryl/α,β-unsaturated/α-hetero) is 1. The van der Waals surface area contributed by atoms with Gasteiger partial charge in [0.25, 0.3) is 0 Å². The summed E-state index contributed by atoms with van der Waals surface area (Å²) in [6.07, 6.45) is 7.74. The van der Waals surface area contributed by atoms with Crippen molar-refractivity contribution < 1.29 is 9.90 Å². The number of rotatable bonds is 5. The quantitative estimate of drug-likeness (QED) is 0.545. The molecule has 0 aliphatic heterocycles. The van der Waals surface area contributed by atoms with Crippen LogP contribution in [0.3, 0.4) is 0 Å². The molecule has 1 N–H and O–H groups in total. The van der Waals surface area contributed by atoms with E-state index in [1.807, 2.05) is 0 Å². The average molecular weight is 393 g/mol. The van der Waals surface area contributed by atoms with E-state index in [9.17, 15) is 9.90 Å². The fourth-order valence-electron chi connectivity index (χ4n) is 7.44. The minimum Gasteiger partial charge on any atom is -0.393 e. The fraction of sp³-hybridized carbons (Fsp3) is 0.962. The van der Waals surface area contributed by atoms with Crippen LogP contribution in [-0.4, -0.2) is 17.0 Å². The molecule has 2 fully saturated rings. The molecule has 0 amide bonds. The zero-order valence-corrected chi connectivity index (χ0v) is 20.3. The summed E-state index contributed by atoms with van der Waals surface area (Å²) in [5.74, 6) is 1.86. The first-order chi connectivity index (χ1) is 12.7. The summed E-state index contributed by atoms with van der Waals surface area (Å²) in [4.78, 5) is 13.1. The Labute approximate surface area is 175 Å². The Hall–Kier alpha value is -0.370. The van der Waals surface area contributed by atoms with Crippen LogP contribution in [-0.2, 0) is 4.79 Å². The van der Waals surface area contributed by atoms with Crippen molar-refractivity contribution >= 4 is 5.78 Å². The molecule has 2 saturated carbocycles. The second-order valence-corrected chi connectivity index (χ2v) is 12.6. The third kappa shape index (κ3) is 4.09. The molecular formula is C26H48O2. The van der Waals surface area contributed by atoms with E-state index < -0.39 is 0 Å². The van der Waals surface area contributed by atoms with Crippen LogP contribution >= 0.6 is 0 Å². The second kappa shape index (κ2) is 8.05. The van der Waals surface area contributed by atoms with E-state index in [0.717, 1.165) is 51.4 Å². The second-order valence-electron chi connectivity index (χ2n) is 12.6. The minimum absolute atomic E-state index is 0.111. The molecule has 0 heterocycles. The molecule has 0 aromatic carbocycles. The van der Waals surface area contributed by atoms with Crippen LogP contribution in [0.2, 0.25) is 0 Å². The first-order valence-electron chi connectivity index (χ1n) is 11.9. The van der Waals surface area contributed by atoms with Crippen molar-refractivity contribution in [2.45, 2.75) is 120 Å². The van der Waals surface area contributed by atoms with Crippen LogP contribution in [0.25, 0.3) is 0 Å². The van der Waals surface area contributed by atoms with Crippen LogP contribution in [0.4, 0.5) is 0 Å². The monoisotopic (exact) mass is 392 g/mol. The van der Waals surface area contributed by atoms with Gasteiger partial charge in [-0.1, -0.05) is 62.3 Å². The highest BCUT2D eigenvalue weighted by Crippen LogP contribution is 2.60. The van der Waals surface area contributed by atoms with Gasteiger partial charge in [-0.2, -0.15) is 0 Å². The molecule has 0 spiro atoms. The zero-order chi connectivity index (χ0) is 21.5. The normalized spacial score (nSPS) is 35.6. The van der Waals surface area contributed by atoms with Crippen molar-refractivity contribution in [3.05, 3.63) is 0 Å². The van der Waals surface area contributed by atoms with Crippen LogP contribution in [0.1, 0.15) is 114 Å². The Balaban J connectivity index is 2.31. The fourth-order valence-corrected chi connectivity index (χ4v) is 7.44. The van der Waals surface area contributed by atoms with Crippen molar-refractivity contribution in [2.75, 3.05) is 0 Å². The van der Waals surface area contributed by atoms with E-state index in [1.165, 1.54) is 0 Å². The van der Waals surface area contributed by atoms with Gasteiger partial charge in [-0.05, 0) is 78.4 Å². The number of aliphatic hydroxyl groups is 1. The molecule has 2 atom stereocenters. The number of aliphatic hydroxyl groups excluding tert-OH is 1. The molecule has 2 unspecified atom stereocenters. The lowest BCUT2D eigenvalue weighted by atomic mass is 9.48. The van der Waals surface area contributed by atoms with Gasteiger partial charge in [-0.15, -0.1) is 0 Å². The number of carbonyl (C=O) groups excluding carboxylic acids is 1. The first kappa shape index (κ1) is 23.9. The molecular weight excluding hydrogens is 344 g/mol. The van der Waals surface area contributed by atoms with Gasteiger partial charge < -0.3 is 5.11 Å². The van der Waals surface area contributed by atoms with E-state index in [2.05, 4.69) is 62.3 Å². The topological polar surface area (TPSA) is 37.3 Å². The Morgan fingerprint density at radius 2 is 1.43 bits per heavy atom. The predicted octanol–water partition coefficient (Wildman–Crippen LogP) is 7.04. The Kier molecular flexibility index (Phi) is 6.87. The maximum absolute atomic E-state index is 13.1. The van der Waals surface area contributed by atoms with Crippen LogP contribution in [0, 0.1) is 39.4 Å². The highest BCUT2D eigenvalue weighted by Gasteiger charge is 2.53. The number of carbonyl (C=O) groups is 1. The molecule has 164 valence electrons. The van der Waals surface area contributed by atoms with Gasteiger partial charge in [-0.25, -0.2) is 0 Å². The average Bonchev–Trinajstić information content (AvgIpc) is 2.55. The van der Waals surface area contributed by atoms with Crippen molar-refractivity contribution in [1.82, 2.24) is 0 Å². The molecule has 2 aliphatic rings. The van der Waals surface area contributed by atoms with E-state index in [4.69, 9.17) is 0 Å². The van der Waals surface area contributed by atoms with Crippen molar-refractivity contribution in [3.63, 3.8) is 0 Å². The standard InChI is InChI=1S/C26H48O2/c1-18(2)25(13-10-21(27)11-14-25)24(8,9)16-20-17-26(19(3)4,23(5,6)7)15-12-22(20)28/h18-21,27H,10-17H2,1-9H3. The summed E-state index contributed by atoms with van der Waals surface area (Å²) >= 11 is 0. The van der Waals surface area contributed by atoms with Crippen molar-refractivity contribution in [1.29, 1.82) is 0 Å². The largest absolute Gasteiger partial charge is 0.393 e. The van der Waals surface area contributed by atoms with Gasteiger partial charge in [0.15, 0.2) is 0 Å². The molecule has 0 bridgehead atoms. The highest BCUT2D eigenvalue weighted by molar-refractivity contribution is 5.82. The van der Waals surface area contributed by atoms with Crippen LogP contribution in [0.15, 0.2) is 0 Å². The number of hydrogen-bond acceptors (Lipinski definition) is 2. The summed E-state index contributed by atoms with van der Waals surface area (Å²) in [6, 6.07) is 0. The van der Waals surface area contributed by atoms with Gasteiger partial charge in [0, 0.05) is 12.3 Å². The molecule has 2 rings (SSSR count). The van der Waals surface area contributed by atoms with Crippen LogP contribution < -0.4 is 0 Å². The molecule has 0 saturated heterocycles. The number of ketones is 1. The predicted molar refractivity (Wildman–Crippen MR) is 119 cm³/mol. The maximum Gasteiger partial charge on any atom is 0.136 e. The van der Waals surface area contributed by atoms with Crippen molar-refractivity contribution in [3.8, 4) is 0 Å². The van der Waals surface area contributed by atoms with Gasteiger partial charge in [0.05, 0.1) is 6.10 Å². The van der Waals surface area contributed by atoms with Gasteiger partial charge in [-0.3, -0.25) is 4.79 Å². The van der Waals surface area contributed by atoms with Gasteiger partial charge in [0.1, 0.15) is 5.78 Å². The van der Waals surface area contributed by atoms with E-state index >= 15 is 0 Å². The van der Waals surface area contributed by atoms with E-state index in [1.54, 1.807) is 0 Å². The SMILES string of the molecule is CC(C)C1(C(C)(C)C)CCC(=O)C(CC(C)(C)C2(C(C)C)CCC(O)CC2)C1. The molecule has 2 heteroatoms. The lowest BCUT2D eigenvalue weighted by molar-refractivity contribution is -0.138. The molecule has 0 aromatic rings. The van der Waals surface area contributed by atoms with E-state index in [-0.39, 0.29) is 33.7 Å². The molecule has 0 radical (unpaired) electrons. The summed E-state index contributed by atoms with van der Waals surface area (Å²) in [5.41, 5.74) is 0.802. The third-order valence-corrected chi connectivity index (χ3v) is 9.54. The minimum atomic E-state index is -0.131.